The molecule has 1 aliphatic rings. The third-order valence-electron chi connectivity index (χ3n) is 3.03. The molecule has 1 aromatic rings. The molecule has 1 fully saturated rings. The zero-order chi connectivity index (χ0) is 13.0. The molecule has 0 bridgehead atoms. The third kappa shape index (κ3) is 4.11. The second-order valence-corrected chi connectivity index (χ2v) is 5.09. The first-order chi connectivity index (χ1) is 8.74. The van der Waals surface area contributed by atoms with Crippen LogP contribution in [0.3, 0.4) is 0 Å². The lowest BCUT2D eigenvalue weighted by Crippen LogP contribution is -2.48. The molecule has 1 amide bonds. The third-order valence-corrected chi connectivity index (χ3v) is 3.77. The molecule has 0 aromatic heterocycles. The average Bonchev–Trinajstić information content (AvgIpc) is 2.46. The molecule has 2 rings (SSSR count). The normalized spacial score (nSPS) is 18.8. The van der Waals surface area contributed by atoms with Crippen LogP contribution in [-0.2, 0) is 4.74 Å². The van der Waals surface area contributed by atoms with Crippen LogP contribution in [0.25, 0.3) is 0 Å². The Hall–Kier alpha value is -0.750. The standard InChI is InChI=1S/C13H18N2O2S.ClH/c1-18-12-4-2-10(3-5-12)13(16)15-6-7-17-11(8-14)9-15;/h2-5,11H,6-9,14H2,1H3;1H. The second kappa shape index (κ2) is 7.75. The van der Waals surface area contributed by atoms with Gasteiger partial charge in [-0.15, -0.1) is 24.2 Å². The maximum absolute atomic E-state index is 12.3. The summed E-state index contributed by atoms with van der Waals surface area (Å²) in [6, 6.07) is 7.69. The zero-order valence-corrected chi connectivity index (χ0v) is 12.5. The van der Waals surface area contributed by atoms with E-state index in [0.29, 0.717) is 26.2 Å². The number of hydrogen-bond acceptors (Lipinski definition) is 4. The summed E-state index contributed by atoms with van der Waals surface area (Å²) in [5, 5.41) is 0. The van der Waals surface area contributed by atoms with E-state index in [0.717, 1.165) is 10.5 Å². The highest BCUT2D eigenvalue weighted by atomic mass is 35.5. The van der Waals surface area contributed by atoms with Gasteiger partial charge in [-0.25, -0.2) is 0 Å². The molecule has 1 saturated heterocycles. The van der Waals surface area contributed by atoms with Gasteiger partial charge in [-0.2, -0.15) is 0 Å². The lowest BCUT2D eigenvalue weighted by atomic mass is 10.1. The minimum atomic E-state index is -0.0341. The number of amides is 1. The summed E-state index contributed by atoms with van der Waals surface area (Å²) in [6.07, 6.45) is 1.98. The maximum atomic E-state index is 12.3. The highest BCUT2D eigenvalue weighted by Gasteiger charge is 2.23. The molecule has 0 radical (unpaired) electrons. The van der Waals surface area contributed by atoms with Crippen LogP contribution in [0.4, 0.5) is 0 Å². The molecule has 2 N–H and O–H groups in total. The van der Waals surface area contributed by atoms with E-state index in [2.05, 4.69) is 0 Å². The average molecular weight is 303 g/mol. The number of halogens is 1. The summed E-state index contributed by atoms with van der Waals surface area (Å²) < 4.78 is 5.46. The van der Waals surface area contributed by atoms with Crippen LogP contribution in [0.2, 0.25) is 0 Å². The molecule has 19 heavy (non-hydrogen) atoms. The van der Waals surface area contributed by atoms with E-state index < -0.39 is 0 Å². The second-order valence-electron chi connectivity index (χ2n) is 4.21. The van der Waals surface area contributed by atoms with E-state index in [1.165, 1.54) is 0 Å². The van der Waals surface area contributed by atoms with Crippen molar-refractivity contribution in [3.8, 4) is 0 Å². The number of benzene rings is 1. The van der Waals surface area contributed by atoms with E-state index in [4.69, 9.17) is 10.5 Å². The number of carbonyl (C=O) groups excluding carboxylic acids is 1. The Morgan fingerprint density at radius 1 is 1.47 bits per heavy atom. The quantitative estimate of drug-likeness (QED) is 0.862. The van der Waals surface area contributed by atoms with Gasteiger partial charge < -0.3 is 15.4 Å². The molecular formula is C13H19ClN2O2S. The van der Waals surface area contributed by atoms with E-state index >= 15 is 0 Å². The molecule has 0 saturated carbocycles. The highest BCUT2D eigenvalue weighted by Crippen LogP contribution is 2.16. The topological polar surface area (TPSA) is 55.6 Å². The zero-order valence-electron chi connectivity index (χ0n) is 10.9. The van der Waals surface area contributed by atoms with Gasteiger partial charge in [0, 0.05) is 30.1 Å². The monoisotopic (exact) mass is 302 g/mol. The molecule has 1 aliphatic heterocycles. The highest BCUT2D eigenvalue weighted by molar-refractivity contribution is 7.98. The smallest absolute Gasteiger partial charge is 0.254 e. The Morgan fingerprint density at radius 2 is 2.16 bits per heavy atom. The van der Waals surface area contributed by atoms with Gasteiger partial charge in [0.25, 0.3) is 5.91 Å². The van der Waals surface area contributed by atoms with Crippen molar-refractivity contribution < 1.29 is 9.53 Å². The molecule has 4 nitrogen and oxygen atoms in total. The van der Waals surface area contributed by atoms with E-state index in [1.807, 2.05) is 35.4 Å². The Labute approximate surface area is 124 Å². The number of nitrogens with zero attached hydrogens (tertiary/aromatic N) is 1. The molecule has 106 valence electrons. The van der Waals surface area contributed by atoms with Crippen LogP contribution in [-0.4, -0.2) is 49.4 Å². The SMILES string of the molecule is CSc1ccc(C(=O)N2CCOC(CN)C2)cc1.Cl. The molecule has 1 atom stereocenters. The van der Waals surface area contributed by atoms with Crippen molar-refractivity contribution in [3.63, 3.8) is 0 Å². The van der Waals surface area contributed by atoms with Gasteiger partial charge >= 0.3 is 0 Å². The summed E-state index contributed by atoms with van der Waals surface area (Å²) in [4.78, 5) is 15.3. The number of hydrogen-bond donors (Lipinski definition) is 1. The number of ether oxygens (including phenoxy) is 1. The van der Waals surface area contributed by atoms with Crippen molar-refractivity contribution >= 4 is 30.1 Å². The lowest BCUT2D eigenvalue weighted by molar-refractivity contribution is -0.0167. The van der Waals surface area contributed by atoms with Gasteiger partial charge in [-0.1, -0.05) is 0 Å². The Morgan fingerprint density at radius 3 is 2.74 bits per heavy atom. The first kappa shape index (κ1) is 16.3. The molecule has 1 aromatic carbocycles. The lowest BCUT2D eigenvalue weighted by Gasteiger charge is -2.32. The van der Waals surface area contributed by atoms with Gasteiger partial charge in [0.15, 0.2) is 0 Å². The fourth-order valence-electron chi connectivity index (χ4n) is 1.96. The van der Waals surface area contributed by atoms with Crippen molar-refractivity contribution in [2.24, 2.45) is 5.73 Å². The van der Waals surface area contributed by atoms with Crippen molar-refractivity contribution in [3.05, 3.63) is 29.8 Å². The molecule has 0 spiro atoms. The maximum Gasteiger partial charge on any atom is 0.254 e. The van der Waals surface area contributed by atoms with Crippen LogP contribution in [0.15, 0.2) is 29.2 Å². The minimum absolute atomic E-state index is 0. The predicted octanol–water partition coefficient (Wildman–Crippen LogP) is 1.63. The van der Waals surface area contributed by atoms with Gasteiger partial charge in [-0.3, -0.25) is 4.79 Å². The summed E-state index contributed by atoms with van der Waals surface area (Å²) in [5.74, 6) is 0.0596. The number of rotatable bonds is 3. The largest absolute Gasteiger partial charge is 0.373 e. The minimum Gasteiger partial charge on any atom is -0.373 e. The first-order valence-electron chi connectivity index (χ1n) is 5.99. The predicted molar refractivity (Wildman–Crippen MR) is 80.2 cm³/mol. The molecule has 1 unspecified atom stereocenters. The van der Waals surface area contributed by atoms with Crippen molar-refractivity contribution in [1.29, 1.82) is 0 Å². The number of thioether (sulfide) groups is 1. The Kier molecular flexibility index (Phi) is 6.65. The van der Waals surface area contributed by atoms with E-state index in [9.17, 15) is 4.79 Å². The van der Waals surface area contributed by atoms with E-state index in [-0.39, 0.29) is 24.4 Å². The van der Waals surface area contributed by atoms with Crippen LogP contribution in [0.1, 0.15) is 10.4 Å². The van der Waals surface area contributed by atoms with E-state index in [1.54, 1.807) is 11.8 Å². The molecular weight excluding hydrogens is 284 g/mol. The van der Waals surface area contributed by atoms with Gasteiger partial charge in [-0.05, 0) is 30.5 Å². The van der Waals surface area contributed by atoms with Crippen LogP contribution < -0.4 is 5.73 Å². The fourth-order valence-corrected chi connectivity index (χ4v) is 2.37. The molecule has 6 heteroatoms. The number of carbonyl (C=O) groups is 1. The number of nitrogens with two attached hydrogens (primary N) is 1. The Bertz CT molecular complexity index is 414. The fraction of sp³-hybridized carbons (Fsp3) is 0.462. The van der Waals surface area contributed by atoms with Gasteiger partial charge in [0.2, 0.25) is 0 Å². The van der Waals surface area contributed by atoms with Crippen LogP contribution in [0, 0.1) is 0 Å². The van der Waals surface area contributed by atoms with Crippen molar-refractivity contribution in [1.82, 2.24) is 4.90 Å². The number of morpholine rings is 1. The summed E-state index contributed by atoms with van der Waals surface area (Å²) in [6.45, 7) is 2.24. The summed E-state index contributed by atoms with van der Waals surface area (Å²) in [7, 11) is 0. The van der Waals surface area contributed by atoms with Crippen LogP contribution >= 0.6 is 24.2 Å². The Balaban J connectivity index is 0.00000180. The van der Waals surface area contributed by atoms with Crippen LogP contribution in [0.5, 0.6) is 0 Å². The molecule has 1 heterocycles. The summed E-state index contributed by atoms with van der Waals surface area (Å²) in [5.41, 5.74) is 6.30. The first-order valence-corrected chi connectivity index (χ1v) is 7.22. The van der Waals surface area contributed by atoms with Gasteiger partial charge in [0.05, 0.1) is 12.7 Å². The van der Waals surface area contributed by atoms with Gasteiger partial charge in [0.1, 0.15) is 0 Å². The van der Waals surface area contributed by atoms with Crippen molar-refractivity contribution in [2.45, 2.75) is 11.0 Å². The molecule has 0 aliphatic carbocycles. The summed E-state index contributed by atoms with van der Waals surface area (Å²) >= 11 is 1.67. The van der Waals surface area contributed by atoms with Crippen molar-refractivity contribution in [2.75, 3.05) is 32.5 Å².